The van der Waals surface area contributed by atoms with Gasteiger partial charge < -0.3 is 15.4 Å². The van der Waals surface area contributed by atoms with Crippen LogP contribution in [0, 0.1) is 6.92 Å². The zero-order chi connectivity index (χ0) is 12.1. The Morgan fingerprint density at radius 1 is 1.53 bits per heavy atom. The van der Waals surface area contributed by atoms with Gasteiger partial charge in [-0.05, 0) is 31.0 Å². The van der Waals surface area contributed by atoms with E-state index in [0.29, 0.717) is 6.04 Å². The smallest absolute Gasteiger partial charge is 0.0620 e. The Morgan fingerprint density at radius 2 is 2.41 bits per heavy atom. The molecule has 0 amide bonds. The third kappa shape index (κ3) is 3.98. The van der Waals surface area contributed by atoms with E-state index >= 15 is 0 Å². The lowest BCUT2D eigenvalue weighted by atomic mass is 10.2. The molecule has 0 aromatic heterocycles. The zero-order valence-corrected chi connectivity index (χ0v) is 11.7. The van der Waals surface area contributed by atoms with E-state index in [1.54, 1.807) is 0 Å². The second-order valence-electron chi connectivity index (χ2n) is 4.41. The van der Waals surface area contributed by atoms with Crippen molar-refractivity contribution >= 4 is 21.6 Å². The average molecular weight is 299 g/mol. The molecule has 0 radical (unpaired) electrons. The van der Waals surface area contributed by atoms with Crippen molar-refractivity contribution in [2.75, 3.05) is 31.6 Å². The maximum Gasteiger partial charge on any atom is 0.0620 e. The fraction of sp³-hybridized carbons (Fsp3) is 0.538. The van der Waals surface area contributed by atoms with Crippen molar-refractivity contribution in [3.63, 3.8) is 0 Å². The number of halogens is 1. The number of nitrogens with one attached hydrogen (secondary N) is 2. The molecule has 1 aromatic rings. The molecule has 1 heterocycles. The number of benzene rings is 1. The highest BCUT2D eigenvalue weighted by Crippen LogP contribution is 2.20. The van der Waals surface area contributed by atoms with E-state index in [1.165, 1.54) is 11.3 Å². The fourth-order valence-corrected chi connectivity index (χ4v) is 2.28. The normalized spacial score (nSPS) is 20.2. The van der Waals surface area contributed by atoms with Gasteiger partial charge in [0.2, 0.25) is 0 Å². The van der Waals surface area contributed by atoms with Gasteiger partial charge in [0, 0.05) is 29.3 Å². The minimum atomic E-state index is 0.491. The van der Waals surface area contributed by atoms with Crippen molar-refractivity contribution < 1.29 is 4.74 Å². The average Bonchev–Trinajstić information content (AvgIpc) is 2.35. The second kappa shape index (κ2) is 6.38. The summed E-state index contributed by atoms with van der Waals surface area (Å²) in [5, 5.41) is 6.89. The molecule has 1 saturated heterocycles. The number of rotatable bonds is 4. The molecule has 0 saturated carbocycles. The van der Waals surface area contributed by atoms with Crippen molar-refractivity contribution in [3.8, 4) is 0 Å². The van der Waals surface area contributed by atoms with Gasteiger partial charge in [0.25, 0.3) is 0 Å². The van der Waals surface area contributed by atoms with Gasteiger partial charge in [0.05, 0.1) is 13.2 Å². The van der Waals surface area contributed by atoms with Crippen LogP contribution < -0.4 is 10.6 Å². The number of hydrogen-bond donors (Lipinski definition) is 2. The Morgan fingerprint density at radius 3 is 3.12 bits per heavy atom. The van der Waals surface area contributed by atoms with Gasteiger partial charge in [0.1, 0.15) is 0 Å². The van der Waals surface area contributed by atoms with Gasteiger partial charge in [0.15, 0.2) is 0 Å². The summed E-state index contributed by atoms with van der Waals surface area (Å²) in [7, 11) is 0. The highest BCUT2D eigenvalue weighted by atomic mass is 79.9. The zero-order valence-electron chi connectivity index (χ0n) is 10.1. The van der Waals surface area contributed by atoms with Crippen LogP contribution >= 0.6 is 15.9 Å². The van der Waals surface area contributed by atoms with Crippen LogP contribution in [0.5, 0.6) is 0 Å². The molecular formula is C13H19BrN2O. The van der Waals surface area contributed by atoms with Gasteiger partial charge >= 0.3 is 0 Å². The molecule has 17 heavy (non-hydrogen) atoms. The summed E-state index contributed by atoms with van der Waals surface area (Å²) in [6, 6.07) is 6.85. The van der Waals surface area contributed by atoms with Crippen LogP contribution in [-0.2, 0) is 4.74 Å². The molecule has 2 rings (SSSR count). The molecule has 0 bridgehead atoms. The highest BCUT2D eigenvalue weighted by molar-refractivity contribution is 9.10. The van der Waals surface area contributed by atoms with Crippen molar-refractivity contribution in [1.82, 2.24) is 5.32 Å². The Bertz CT molecular complexity index is 364. The first-order valence-corrected chi connectivity index (χ1v) is 6.86. The summed E-state index contributed by atoms with van der Waals surface area (Å²) >= 11 is 3.54. The largest absolute Gasteiger partial charge is 0.385 e. The molecule has 1 atom stereocenters. The Kier molecular flexibility index (Phi) is 4.83. The van der Waals surface area contributed by atoms with Gasteiger partial charge in [-0.2, -0.15) is 0 Å². The summed E-state index contributed by atoms with van der Waals surface area (Å²) in [5.41, 5.74) is 2.43. The Labute approximate surface area is 111 Å². The minimum absolute atomic E-state index is 0.491. The third-order valence-electron chi connectivity index (χ3n) is 2.99. The van der Waals surface area contributed by atoms with Crippen molar-refractivity contribution in [3.05, 3.63) is 28.2 Å². The standard InChI is InChI=1S/C13H19BrN2O/c1-10-2-3-11(8-13(10)14)15-5-4-12-9-17-7-6-16-12/h2-3,8,12,15-16H,4-7,9H2,1H3. The van der Waals surface area contributed by atoms with Crippen LogP contribution in [0.3, 0.4) is 0 Å². The van der Waals surface area contributed by atoms with Crippen molar-refractivity contribution in [2.24, 2.45) is 0 Å². The van der Waals surface area contributed by atoms with Crippen molar-refractivity contribution in [2.45, 2.75) is 19.4 Å². The molecule has 94 valence electrons. The van der Waals surface area contributed by atoms with E-state index < -0.39 is 0 Å². The van der Waals surface area contributed by atoms with Crippen LogP contribution in [0.15, 0.2) is 22.7 Å². The highest BCUT2D eigenvalue weighted by Gasteiger charge is 2.11. The molecule has 3 nitrogen and oxygen atoms in total. The topological polar surface area (TPSA) is 33.3 Å². The van der Waals surface area contributed by atoms with Crippen LogP contribution in [0.4, 0.5) is 5.69 Å². The summed E-state index contributed by atoms with van der Waals surface area (Å²) < 4.78 is 6.58. The number of aryl methyl sites for hydroxylation is 1. The van der Waals surface area contributed by atoms with E-state index in [9.17, 15) is 0 Å². The summed E-state index contributed by atoms with van der Waals surface area (Å²) in [5.74, 6) is 0. The van der Waals surface area contributed by atoms with Crippen LogP contribution in [0.25, 0.3) is 0 Å². The molecule has 1 aliphatic rings. The molecule has 1 aliphatic heterocycles. The summed E-state index contributed by atoms with van der Waals surface area (Å²) in [6.45, 7) is 5.71. The number of hydrogen-bond acceptors (Lipinski definition) is 3. The Balaban J connectivity index is 1.75. The van der Waals surface area contributed by atoms with Gasteiger partial charge in [-0.15, -0.1) is 0 Å². The van der Waals surface area contributed by atoms with Crippen LogP contribution in [0.1, 0.15) is 12.0 Å². The quantitative estimate of drug-likeness (QED) is 0.896. The number of morpholine rings is 1. The fourth-order valence-electron chi connectivity index (χ4n) is 1.90. The van der Waals surface area contributed by atoms with E-state index in [0.717, 1.165) is 37.2 Å². The van der Waals surface area contributed by atoms with Crippen LogP contribution in [0.2, 0.25) is 0 Å². The third-order valence-corrected chi connectivity index (χ3v) is 3.85. The first kappa shape index (κ1) is 12.9. The molecule has 4 heteroatoms. The first-order valence-electron chi connectivity index (χ1n) is 6.07. The summed E-state index contributed by atoms with van der Waals surface area (Å²) in [6.07, 6.45) is 1.09. The van der Waals surface area contributed by atoms with Gasteiger partial charge in [-0.25, -0.2) is 0 Å². The van der Waals surface area contributed by atoms with Gasteiger partial charge in [-0.1, -0.05) is 22.0 Å². The molecule has 2 N–H and O–H groups in total. The SMILES string of the molecule is Cc1ccc(NCCC2COCCN2)cc1Br. The summed E-state index contributed by atoms with van der Waals surface area (Å²) in [4.78, 5) is 0. The predicted octanol–water partition coefficient (Wildman–Crippen LogP) is 2.55. The molecule has 0 spiro atoms. The lowest BCUT2D eigenvalue weighted by Gasteiger charge is -2.23. The van der Waals surface area contributed by atoms with E-state index in [-0.39, 0.29) is 0 Å². The van der Waals surface area contributed by atoms with Gasteiger partial charge in [-0.3, -0.25) is 0 Å². The molecular weight excluding hydrogens is 280 g/mol. The maximum absolute atomic E-state index is 5.42. The lowest BCUT2D eigenvalue weighted by Crippen LogP contribution is -2.42. The molecule has 1 fully saturated rings. The van der Waals surface area contributed by atoms with Crippen LogP contribution in [-0.4, -0.2) is 32.3 Å². The predicted molar refractivity (Wildman–Crippen MR) is 74.6 cm³/mol. The molecule has 1 aromatic carbocycles. The van der Waals surface area contributed by atoms with E-state index in [4.69, 9.17) is 4.74 Å². The van der Waals surface area contributed by atoms with E-state index in [2.05, 4.69) is 51.7 Å². The molecule has 1 unspecified atom stereocenters. The second-order valence-corrected chi connectivity index (χ2v) is 5.26. The monoisotopic (exact) mass is 298 g/mol. The van der Waals surface area contributed by atoms with E-state index in [1.807, 2.05) is 0 Å². The minimum Gasteiger partial charge on any atom is -0.385 e. The van der Waals surface area contributed by atoms with Crippen molar-refractivity contribution in [1.29, 1.82) is 0 Å². The number of ether oxygens (including phenoxy) is 1. The molecule has 0 aliphatic carbocycles. The Hall–Kier alpha value is -0.580. The first-order chi connectivity index (χ1) is 8.25. The number of anilines is 1. The maximum atomic E-state index is 5.42. The lowest BCUT2D eigenvalue weighted by molar-refractivity contribution is 0.0753.